The van der Waals surface area contributed by atoms with Crippen LogP contribution in [0.1, 0.15) is 0 Å². The lowest BCUT2D eigenvalue weighted by Crippen LogP contribution is -2.06. The van der Waals surface area contributed by atoms with Crippen molar-refractivity contribution in [2.75, 3.05) is 0 Å². The zero-order valence-electron chi connectivity index (χ0n) is 29.1. The molecule has 0 radical (unpaired) electrons. The second-order valence-electron chi connectivity index (χ2n) is 13.7. The van der Waals surface area contributed by atoms with Gasteiger partial charge in [0.2, 0.25) is 5.95 Å². The van der Waals surface area contributed by atoms with Gasteiger partial charge in [-0.05, 0) is 58.3 Å². The van der Waals surface area contributed by atoms with Crippen LogP contribution in [0.15, 0.2) is 188 Å². The van der Waals surface area contributed by atoms with Gasteiger partial charge in [-0.15, -0.1) is 0 Å². The van der Waals surface area contributed by atoms with Crippen LogP contribution in [0, 0.1) is 0 Å². The van der Waals surface area contributed by atoms with E-state index < -0.39 is 0 Å². The van der Waals surface area contributed by atoms with Crippen LogP contribution >= 0.6 is 0 Å². The van der Waals surface area contributed by atoms with E-state index in [1.54, 1.807) is 0 Å². The maximum atomic E-state index is 5.30. The van der Waals surface area contributed by atoms with E-state index in [9.17, 15) is 0 Å². The lowest BCUT2D eigenvalue weighted by molar-refractivity contribution is 0.955. The minimum atomic E-state index is 0.572. The van der Waals surface area contributed by atoms with E-state index in [0.29, 0.717) is 17.6 Å². The van der Waals surface area contributed by atoms with E-state index in [1.807, 2.05) is 36.4 Å². The summed E-state index contributed by atoms with van der Waals surface area (Å²) >= 11 is 0. The molecule has 3 aromatic heterocycles. The van der Waals surface area contributed by atoms with Crippen molar-refractivity contribution in [3.63, 3.8) is 0 Å². The molecule has 0 saturated carbocycles. The maximum Gasteiger partial charge on any atom is 0.238 e. The van der Waals surface area contributed by atoms with E-state index in [-0.39, 0.29) is 0 Å². The van der Waals surface area contributed by atoms with Crippen LogP contribution in [0.3, 0.4) is 0 Å². The number of benzene rings is 8. The molecule has 0 bridgehead atoms. The molecule has 0 unspecified atom stereocenters. The Hall–Kier alpha value is -7.37. The molecular weight excluding hydrogens is 659 g/mol. The van der Waals surface area contributed by atoms with Crippen molar-refractivity contribution in [2.24, 2.45) is 0 Å². The Morgan fingerprint density at radius 2 is 0.889 bits per heavy atom. The van der Waals surface area contributed by atoms with E-state index in [2.05, 4.69) is 161 Å². The van der Waals surface area contributed by atoms with Gasteiger partial charge in [-0.3, -0.25) is 4.57 Å². The number of rotatable bonds is 5. The van der Waals surface area contributed by atoms with Crippen LogP contribution in [0.25, 0.3) is 99.9 Å². The summed E-state index contributed by atoms with van der Waals surface area (Å²) in [5.41, 5.74) is 9.62. The molecule has 0 aliphatic carbocycles. The van der Waals surface area contributed by atoms with Gasteiger partial charge in [0.1, 0.15) is 0 Å². The maximum absolute atomic E-state index is 5.30. The highest BCUT2D eigenvalue weighted by Gasteiger charge is 2.26. The molecule has 0 spiro atoms. The molecular formula is C49H31N5. The van der Waals surface area contributed by atoms with Crippen molar-refractivity contribution in [1.82, 2.24) is 24.1 Å². The van der Waals surface area contributed by atoms with Gasteiger partial charge in [-0.1, -0.05) is 152 Å². The molecule has 252 valence electrons. The number of hydrogen-bond acceptors (Lipinski definition) is 3. The van der Waals surface area contributed by atoms with E-state index >= 15 is 0 Å². The summed E-state index contributed by atoms with van der Waals surface area (Å²) in [7, 11) is 0. The van der Waals surface area contributed by atoms with Crippen molar-refractivity contribution < 1.29 is 0 Å². The average Bonchev–Trinajstić information content (AvgIpc) is 3.77. The first-order valence-electron chi connectivity index (χ1n) is 18.2. The monoisotopic (exact) mass is 689 g/mol. The fraction of sp³-hybridized carbons (Fsp3) is 0. The molecule has 0 aliphatic heterocycles. The molecule has 0 N–H and O–H groups in total. The second kappa shape index (κ2) is 12.1. The number of para-hydroxylation sites is 3. The molecule has 0 saturated heterocycles. The first kappa shape index (κ1) is 30.3. The van der Waals surface area contributed by atoms with E-state index in [4.69, 9.17) is 15.0 Å². The van der Waals surface area contributed by atoms with Crippen LogP contribution in [-0.2, 0) is 0 Å². The number of fused-ring (bicyclic) bond motifs is 8. The predicted molar refractivity (Wildman–Crippen MR) is 222 cm³/mol. The molecule has 0 amide bonds. The van der Waals surface area contributed by atoms with Crippen molar-refractivity contribution >= 4 is 54.4 Å². The van der Waals surface area contributed by atoms with Gasteiger partial charge in [0.25, 0.3) is 0 Å². The summed E-state index contributed by atoms with van der Waals surface area (Å²) in [6, 6.07) is 66.2. The van der Waals surface area contributed by atoms with Gasteiger partial charge in [-0.2, -0.15) is 9.97 Å². The Balaban J connectivity index is 1.36. The Kier molecular flexibility index (Phi) is 6.79. The summed E-state index contributed by atoms with van der Waals surface area (Å²) in [6.07, 6.45) is 0. The van der Waals surface area contributed by atoms with Crippen LogP contribution in [0.4, 0.5) is 0 Å². The van der Waals surface area contributed by atoms with Gasteiger partial charge < -0.3 is 4.57 Å². The fourth-order valence-corrected chi connectivity index (χ4v) is 8.15. The Morgan fingerprint density at radius 3 is 1.56 bits per heavy atom. The standard InChI is InChI=1S/C49H31N5/c1-4-17-33(18-5-1)47-50-48(34-19-6-2-7-20-34)52-49(51-47)54-42-27-15-12-24-38(42)44-40(36-29-28-32-16-10-11-21-35(32)30-36)31-43-45(46(44)54)39-25-13-14-26-41(39)53(43)37-22-8-3-9-23-37/h1-31H. The lowest BCUT2D eigenvalue weighted by Gasteiger charge is -2.14. The SMILES string of the molecule is c1ccc(-c2nc(-c3ccccc3)nc(-n3c4ccccc4c4c(-c5ccc6ccccc6c5)cc5c(c6ccccc6n5-c5ccccc5)c43)n2)cc1. The van der Waals surface area contributed by atoms with Gasteiger partial charge in [-0.25, -0.2) is 4.98 Å². The first-order chi connectivity index (χ1) is 26.8. The van der Waals surface area contributed by atoms with Crippen molar-refractivity contribution in [2.45, 2.75) is 0 Å². The third kappa shape index (κ3) is 4.69. The lowest BCUT2D eigenvalue weighted by atomic mass is 9.95. The topological polar surface area (TPSA) is 48.5 Å². The van der Waals surface area contributed by atoms with Crippen molar-refractivity contribution in [3.8, 4) is 45.5 Å². The minimum absolute atomic E-state index is 0.572. The minimum Gasteiger partial charge on any atom is -0.309 e. The summed E-state index contributed by atoms with van der Waals surface area (Å²) < 4.78 is 4.68. The summed E-state index contributed by atoms with van der Waals surface area (Å²) in [5, 5.41) is 7.02. The number of aromatic nitrogens is 5. The fourth-order valence-electron chi connectivity index (χ4n) is 8.15. The average molecular weight is 690 g/mol. The Bertz CT molecular complexity index is 3140. The highest BCUT2D eigenvalue weighted by molar-refractivity contribution is 6.30. The van der Waals surface area contributed by atoms with Gasteiger partial charge in [0, 0.05) is 38.4 Å². The molecule has 5 nitrogen and oxygen atoms in total. The molecule has 11 aromatic rings. The summed E-state index contributed by atoms with van der Waals surface area (Å²) in [6.45, 7) is 0. The highest BCUT2D eigenvalue weighted by atomic mass is 15.2. The second-order valence-corrected chi connectivity index (χ2v) is 13.7. The molecule has 11 rings (SSSR count). The normalized spacial score (nSPS) is 11.7. The molecule has 0 aliphatic rings. The van der Waals surface area contributed by atoms with E-state index in [0.717, 1.165) is 71.6 Å². The van der Waals surface area contributed by atoms with Crippen LogP contribution in [0.5, 0.6) is 0 Å². The molecule has 0 fully saturated rings. The zero-order chi connectivity index (χ0) is 35.6. The third-order valence-corrected chi connectivity index (χ3v) is 10.5. The van der Waals surface area contributed by atoms with Crippen molar-refractivity contribution in [1.29, 1.82) is 0 Å². The van der Waals surface area contributed by atoms with E-state index in [1.165, 1.54) is 10.8 Å². The zero-order valence-corrected chi connectivity index (χ0v) is 29.1. The van der Waals surface area contributed by atoms with Crippen LogP contribution in [-0.4, -0.2) is 24.1 Å². The van der Waals surface area contributed by atoms with Crippen molar-refractivity contribution in [3.05, 3.63) is 188 Å². The van der Waals surface area contributed by atoms with Gasteiger partial charge in [0.15, 0.2) is 11.6 Å². The summed E-state index contributed by atoms with van der Waals surface area (Å²) in [4.78, 5) is 15.7. The Morgan fingerprint density at radius 1 is 0.352 bits per heavy atom. The molecule has 3 heterocycles. The van der Waals surface area contributed by atoms with Crippen LogP contribution < -0.4 is 0 Å². The molecule has 8 aromatic carbocycles. The van der Waals surface area contributed by atoms with Crippen LogP contribution in [0.2, 0.25) is 0 Å². The Labute approximate surface area is 311 Å². The molecule has 0 atom stereocenters. The third-order valence-electron chi connectivity index (χ3n) is 10.5. The quantitative estimate of drug-likeness (QED) is 0.181. The smallest absolute Gasteiger partial charge is 0.238 e. The highest BCUT2D eigenvalue weighted by Crippen LogP contribution is 2.46. The first-order valence-corrected chi connectivity index (χ1v) is 18.2. The number of nitrogens with zero attached hydrogens (tertiary/aromatic N) is 5. The molecule has 54 heavy (non-hydrogen) atoms. The number of hydrogen-bond donors (Lipinski definition) is 0. The summed E-state index contributed by atoms with van der Waals surface area (Å²) in [5.74, 6) is 1.82. The molecule has 5 heteroatoms. The van der Waals surface area contributed by atoms with Gasteiger partial charge in [0.05, 0.1) is 22.1 Å². The van der Waals surface area contributed by atoms with Gasteiger partial charge >= 0.3 is 0 Å². The predicted octanol–water partition coefficient (Wildman–Crippen LogP) is 12.2. The largest absolute Gasteiger partial charge is 0.309 e.